The van der Waals surface area contributed by atoms with Crippen molar-refractivity contribution in [2.45, 2.75) is 26.3 Å². The summed E-state index contributed by atoms with van der Waals surface area (Å²) in [6.45, 7) is 5.86. The molecule has 0 aromatic heterocycles. The van der Waals surface area contributed by atoms with Crippen LogP contribution in [0.25, 0.3) is 0 Å². The number of nitrogens with zero attached hydrogens (tertiary/aromatic N) is 2. The van der Waals surface area contributed by atoms with Gasteiger partial charge in [0.05, 0.1) is 19.1 Å². The van der Waals surface area contributed by atoms with E-state index in [0.717, 1.165) is 11.3 Å². The summed E-state index contributed by atoms with van der Waals surface area (Å²) in [6, 6.07) is 7.84. The minimum absolute atomic E-state index is 0.000952. The highest BCUT2D eigenvalue weighted by molar-refractivity contribution is 5.89. The summed E-state index contributed by atoms with van der Waals surface area (Å²) >= 11 is 0. The lowest BCUT2D eigenvalue weighted by Gasteiger charge is -2.27. The molecule has 0 saturated carbocycles. The van der Waals surface area contributed by atoms with E-state index in [2.05, 4.69) is 24.1 Å². The Labute approximate surface area is 156 Å². The van der Waals surface area contributed by atoms with Crippen molar-refractivity contribution in [3.05, 3.63) is 29.8 Å². The number of amides is 2. The lowest BCUT2D eigenvalue weighted by molar-refractivity contribution is -0.129. The maximum atomic E-state index is 12.6. The van der Waals surface area contributed by atoms with E-state index in [1.165, 1.54) is 0 Å². The van der Waals surface area contributed by atoms with Crippen molar-refractivity contribution in [2.24, 2.45) is 11.8 Å². The number of hydrogen-bond donors (Lipinski definition) is 1. The number of hydrogen-bond acceptors (Lipinski definition) is 4. The second-order valence-electron chi connectivity index (χ2n) is 7.56. The van der Waals surface area contributed by atoms with Gasteiger partial charge in [-0.25, -0.2) is 0 Å². The molecule has 2 rings (SSSR count). The Hall–Kier alpha value is -2.08. The summed E-state index contributed by atoms with van der Waals surface area (Å²) in [4.78, 5) is 28.6. The topological polar surface area (TPSA) is 61.9 Å². The van der Waals surface area contributed by atoms with Crippen LogP contribution in [0.2, 0.25) is 0 Å². The number of methoxy groups -OCH3 is 1. The molecule has 0 spiro atoms. The zero-order chi connectivity index (χ0) is 19.3. The summed E-state index contributed by atoms with van der Waals surface area (Å²) in [6.07, 6.45) is 0.305. The molecular weight excluding hydrogens is 330 g/mol. The second-order valence-corrected chi connectivity index (χ2v) is 7.56. The second kappa shape index (κ2) is 9.03. The third-order valence-electron chi connectivity index (χ3n) is 4.76. The predicted octanol–water partition coefficient (Wildman–Crippen LogP) is 1.92. The highest BCUT2D eigenvalue weighted by Crippen LogP contribution is 2.27. The summed E-state index contributed by atoms with van der Waals surface area (Å²) in [5.41, 5.74) is 1.03. The quantitative estimate of drug-likeness (QED) is 0.768. The number of nitrogens with one attached hydrogen (secondary N) is 1. The Balaban J connectivity index is 1.99. The predicted molar refractivity (Wildman–Crippen MR) is 102 cm³/mol. The van der Waals surface area contributed by atoms with Gasteiger partial charge < -0.3 is 19.9 Å². The third kappa shape index (κ3) is 4.97. The average Bonchev–Trinajstić information content (AvgIpc) is 2.95. The molecule has 1 aliphatic heterocycles. The van der Waals surface area contributed by atoms with Crippen LogP contribution in [0.3, 0.4) is 0 Å². The first kappa shape index (κ1) is 20.2. The average molecular weight is 361 g/mol. The van der Waals surface area contributed by atoms with Crippen molar-refractivity contribution in [1.82, 2.24) is 15.1 Å². The van der Waals surface area contributed by atoms with Gasteiger partial charge in [-0.05, 0) is 26.1 Å². The first-order chi connectivity index (χ1) is 12.3. The molecule has 1 fully saturated rings. The highest BCUT2D eigenvalue weighted by atomic mass is 16.5. The number of para-hydroxylation sites is 1. The van der Waals surface area contributed by atoms with Gasteiger partial charge >= 0.3 is 0 Å². The Morgan fingerprint density at radius 3 is 2.65 bits per heavy atom. The number of likely N-dealkylation sites (N-methyl/N-ethyl adjacent to an activating group) is 1. The molecule has 1 aromatic carbocycles. The van der Waals surface area contributed by atoms with Crippen molar-refractivity contribution in [3.8, 4) is 5.75 Å². The Kier molecular flexibility index (Phi) is 7.03. The summed E-state index contributed by atoms with van der Waals surface area (Å²) in [5, 5.41) is 3.04. The molecule has 1 aromatic rings. The molecule has 0 radical (unpaired) electrons. The van der Waals surface area contributed by atoms with Crippen LogP contribution in [0.1, 0.15) is 31.9 Å². The highest BCUT2D eigenvalue weighted by Gasteiger charge is 2.34. The van der Waals surface area contributed by atoms with Gasteiger partial charge in [0.25, 0.3) is 0 Å². The van der Waals surface area contributed by atoms with Gasteiger partial charge in [0.2, 0.25) is 11.8 Å². The van der Waals surface area contributed by atoms with Crippen molar-refractivity contribution >= 4 is 11.8 Å². The van der Waals surface area contributed by atoms with Crippen molar-refractivity contribution < 1.29 is 14.3 Å². The minimum Gasteiger partial charge on any atom is -0.496 e. The van der Waals surface area contributed by atoms with E-state index in [1.807, 2.05) is 38.4 Å². The Morgan fingerprint density at radius 2 is 2.04 bits per heavy atom. The van der Waals surface area contributed by atoms with Gasteiger partial charge in [0.15, 0.2) is 0 Å². The standard InChI is InChI=1S/C20H31N3O3/c1-14(2)12-23-13-15(10-19(23)24)20(25)21-11-17(22(3)4)16-8-6-7-9-18(16)26-5/h6-9,14-15,17H,10-13H2,1-5H3,(H,21,25)/t15-,17-/m0/s1. The van der Waals surface area contributed by atoms with Gasteiger partial charge in [-0.15, -0.1) is 0 Å². The zero-order valence-corrected chi connectivity index (χ0v) is 16.5. The van der Waals surface area contributed by atoms with E-state index in [-0.39, 0.29) is 23.8 Å². The number of rotatable bonds is 8. The van der Waals surface area contributed by atoms with Crippen molar-refractivity contribution in [2.75, 3.05) is 40.8 Å². The van der Waals surface area contributed by atoms with Crippen molar-refractivity contribution in [3.63, 3.8) is 0 Å². The lowest BCUT2D eigenvalue weighted by atomic mass is 10.0. The molecule has 0 aliphatic carbocycles. The van der Waals surface area contributed by atoms with E-state index >= 15 is 0 Å². The molecule has 2 amide bonds. The first-order valence-electron chi connectivity index (χ1n) is 9.18. The van der Waals surface area contributed by atoms with Crippen LogP contribution in [-0.2, 0) is 9.59 Å². The number of ether oxygens (including phenoxy) is 1. The van der Waals surface area contributed by atoms with Gasteiger partial charge in [-0.2, -0.15) is 0 Å². The van der Waals surface area contributed by atoms with E-state index in [9.17, 15) is 9.59 Å². The van der Waals surface area contributed by atoms with Gasteiger partial charge in [-0.1, -0.05) is 32.0 Å². The van der Waals surface area contributed by atoms with Gasteiger partial charge in [-0.3, -0.25) is 9.59 Å². The summed E-state index contributed by atoms with van der Waals surface area (Å²) < 4.78 is 5.46. The minimum atomic E-state index is -0.262. The molecule has 2 atom stereocenters. The van der Waals surface area contributed by atoms with Crippen LogP contribution in [0, 0.1) is 11.8 Å². The fourth-order valence-electron chi connectivity index (χ4n) is 3.42. The van der Waals surface area contributed by atoms with Crippen LogP contribution >= 0.6 is 0 Å². The molecule has 0 unspecified atom stereocenters. The van der Waals surface area contributed by atoms with Crippen LogP contribution < -0.4 is 10.1 Å². The maximum Gasteiger partial charge on any atom is 0.225 e. The third-order valence-corrected chi connectivity index (χ3v) is 4.76. The fourth-order valence-corrected chi connectivity index (χ4v) is 3.42. The molecule has 26 heavy (non-hydrogen) atoms. The van der Waals surface area contributed by atoms with Gasteiger partial charge in [0.1, 0.15) is 5.75 Å². The summed E-state index contributed by atoms with van der Waals surface area (Å²) in [7, 11) is 5.61. The molecule has 1 heterocycles. The monoisotopic (exact) mass is 361 g/mol. The molecule has 6 nitrogen and oxygen atoms in total. The largest absolute Gasteiger partial charge is 0.496 e. The molecule has 6 heteroatoms. The van der Waals surface area contributed by atoms with E-state index in [0.29, 0.717) is 32.0 Å². The Morgan fingerprint density at radius 1 is 1.35 bits per heavy atom. The number of benzene rings is 1. The van der Waals surface area contributed by atoms with Crippen LogP contribution in [0.15, 0.2) is 24.3 Å². The fraction of sp³-hybridized carbons (Fsp3) is 0.600. The summed E-state index contributed by atoms with van der Waals surface area (Å²) in [5.74, 6) is 0.977. The van der Waals surface area contributed by atoms with Crippen molar-refractivity contribution in [1.29, 1.82) is 0 Å². The number of likely N-dealkylation sites (tertiary alicyclic amines) is 1. The van der Waals surface area contributed by atoms with Crippen LogP contribution in [0.5, 0.6) is 5.75 Å². The zero-order valence-electron chi connectivity index (χ0n) is 16.5. The molecule has 144 valence electrons. The Bertz CT molecular complexity index is 630. The van der Waals surface area contributed by atoms with E-state index in [1.54, 1.807) is 12.0 Å². The maximum absolute atomic E-state index is 12.6. The first-order valence-corrected chi connectivity index (χ1v) is 9.18. The van der Waals surface area contributed by atoms with E-state index in [4.69, 9.17) is 4.74 Å². The molecule has 1 aliphatic rings. The van der Waals surface area contributed by atoms with Crippen LogP contribution in [-0.4, -0.2) is 62.5 Å². The smallest absolute Gasteiger partial charge is 0.225 e. The SMILES string of the molecule is COc1ccccc1[C@H](CNC(=O)[C@H]1CC(=O)N(CC(C)C)C1)N(C)C. The van der Waals surface area contributed by atoms with E-state index < -0.39 is 0 Å². The van der Waals surface area contributed by atoms with Crippen LogP contribution in [0.4, 0.5) is 0 Å². The van der Waals surface area contributed by atoms with Gasteiger partial charge in [0, 0.05) is 31.6 Å². The molecule has 1 saturated heterocycles. The normalized spacial score (nSPS) is 18.5. The lowest BCUT2D eigenvalue weighted by Crippen LogP contribution is -2.39. The number of carbonyl (C=O) groups excluding carboxylic acids is 2. The molecule has 1 N–H and O–H groups in total. The molecule has 0 bridgehead atoms. The molecular formula is C20H31N3O3. The number of carbonyl (C=O) groups is 2.